The highest BCUT2D eigenvalue weighted by Crippen LogP contribution is 2.39. The predicted molar refractivity (Wildman–Crippen MR) is 110 cm³/mol. The number of hydrogen-bond donors (Lipinski definition) is 1. The molecular formula is C23H16F4N4O3. The van der Waals surface area contributed by atoms with Crippen molar-refractivity contribution >= 4 is 17.7 Å². The van der Waals surface area contributed by atoms with E-state index < -0.39 is 35.9 Å². The molecule has 7 nitrogen and oxygen atoms in total. The Balaban J connectivity index is 1.58. The first-order valence-corrected chi connectivity index (χ1v) is 10.3. The van der Waals surface area contributed by atoms with E-state index in [9.17, 15) is 27.6 Å². The molecule has 2 aliphatic rings. The van der Waals surface area contributed by atoms with Crippen LogP contribution >= 0.6 is 0 Å². The van der Waals surface area contributed by atoms with Gasteiger partial charge in [-0.3, -0.25) is 19.7 Å². The minimum atomic E-state index is -4.79. The average Bonchev–Trinajstić information content (AvgIpc) is 3.36. The molecule has 0 bridgehead atoms. The van der Waals surface area contributed by atoms with Crippen LogP contribution in [0.15, 0.2) is 48.8 Å². The lowest BCUT2D eigenvalue weighted by molar-refractivity contribution is -0.202. The maximum atomic E-state index is 15.2. The Labute approximate surface area is 190 Å². The van der Waals surface area contributed by atoms with Crippen molar-refractivity contribution < 1.29 is 31.9 Å². The van der Waals surface area contributed by atoms with Gasteiger partial charge in [0.05, 0.1) is 11.4 Å². The summed E-state index contributed by atoms with van der Waals surface area (Å²) in [6.07, 6.45) is -4.01. The first-order chi connectivity index (χ1) is 16.1. The molecule has 3 amide bonds. The predicted octanol–water partition coefficient (Wildman–Crippen LogP) is 3.59. The van der Waals surface area contributed by atoms with Gasteiger partial charge in [-0.1, -0.05) is 30.3 Å². The highest BCUT2D eigenvalue weighted by atomic mass is 19.4. The average molecular weight is 472 g/mol. The lowest BCUT2D eigenvalue weighted by Crippen LogP contribution is -2.52. The summed E-state index contributed by atoms with van der Waals surface area (Å²) >= 11 is 0. The molecule has 11 heteroatoms. The molecule has 0 radical (unpaired) electrons. The summed E-state index contributed by atoms with van der Waals surface area (Å²) in [7, 11) is 0. The summed E-state index contributed by atoms with van der Waals surface area (Å²) in [5.74, 6) is -2.55. The number of piperidine rings is 1. The quantitative estimate of drug-likeness (QED) is 0.467. The summed E-state index contributed by atoms with van der Waals surface area (Å²) in [4.78, 5) is 41.6. The fourth-order valence-electron chi connectivity index (χ4n) is 4.38. The van der Waals surface area contributed by atoms with Gasteiger partial charge in [0.15, 0.2) is 0 Å². The van der Waals surface area contributed by atoms with E-state index in [1.165, 1.54) is 23.1 Å². The fraction of sp³-hybridized carbons (Fsp3) is 0.217. The van der Waals surface area contributed by atoms with Crippen molar-refractivity contribution in [3.63, 3.8) is 0 Å². The SMILES string of the molecule is O=C1CCC(N2Cc3cc(-c4ncn(C(F)(F)F)c4-c4ccccc4)c(F)cc3C2=O)C(=O)N1. The van der Waals surface area contributed by atoms with E-state index in [0.717, 1.165) is 6.07 Å². The van der Waals surface area contributed by atoms with Crippen LogP contribution < -0.4 is 5.32 Å². The minimum Gasteiger partial charge on any atom is -0.322 e. The van der Waals surface area contributed by atoms with Crippen LogP contribution in [0.4, 0.5) is 17.6 Å². The molecular weight excluding hydrogens is 456 g/mol. The number of halogens is 4. The largest absolute Gasteiger partial charge is 0.490 e. The van der Waals surface area contributed by atoms with E-state index in [4.69, 9.17) is 0 Å². The molecule has 2 aromatic carbocycles. The van der Waals surface area contributed by atoms with Crippen LogP contribution in [0.5, 0.6) is 0 Å². The molecule has 2 aliphatic heterocycles. The number of benzene rings is 2. The molecule has 0 saturated carbocycles. The Morgan fingerprint density at radius 3 is 2.44 bits per heavy atom. The zero-order chi connectivity index (χ0) is 24.2. The first kappa shape index (κ1) is 21.8. The van der Waals surface area contributed by atoms with Gasteiger partial charge in [0.25, 0.3) is 5.91 Å². The van der Waals surface area contributed by atoms with Crippen molar-refractivity contribution in [3.8, 4) is 22.5 Å². The van der Waals surface area contributed by atoms with Crippen LogP contribution in [-0.4, -0.2) is 38.2 Å². The molecule has 1 fully saturated rings. The molecule has 3 heterocycles. The van der Waals surface area contributed by atoms with Gasteiger partial charge >= 0.3 is 6.30 Å². The van der Waals surface area contributed by atoms with E-state index >= 15 is 4.39 Å². The van der Waals surface area contributed by atoms with Gasteiger partial charge in [-0.2, -0.15) is 0 Å². The number of rotatable bonds is 3. The van der Waals surface area contributed by atoms with Gasteiger partial charge in [-0.25, -0.2) is 13.9 Å². The maximum absolute atomic E-state index is 15.2. The highest BCUT2D eigenvalue weighted by molar-refractivity contribution is 6.05. The highest BCUT2D eigenvalue weighted by Gasteiger charge is 2.40. The number of hydrogen-bond acceptors (Lipinski definition) is 4. The van der Waals surface area contributed by atoms with E-state index in [1.807, 2.05) is 0 Å². The van der Waals surface area contributed by atoms with Crippen molar-refractivity contribution in [1.82, 2.24) is 19.8 Å². The molecule has 174 valence electrons. The molecule has 0 aliphatic carbocycles. The third kappa shape index (κ3) is 3.53. The van der Waals surface area contributed by atoms with E-state index in [2.05, 4.69) is 10.3 Å². The van der Waals surface area contributed by atoms with Gasteiger partial charge in [-0.05, 0) is 24.1 Å². The number of carbonyl (C=O) groups is 3. The van der Waals surface area contributed by atoms with Crippen molar-refractivity contribution in [2.24, 2.45) is 0 Å². The van der Waals surface area contributed by atoms with Crippen molar-refractivity contribution in [3.05, 3.63) is 65.7 Å². The number of imidazole rings is 1. The third-order valence-electron chi connectivity index (χ3n) is 5.95. The number of aromatic nitrogens is 2. The number of amides is 3. The van der Waals surface area contributed by atoms with Gasteiger partial charge in [0.1, 0.15) is 18.2 Å². The molecule has 0 spiro atoms. The van der Waals surface area contributed by atoms with E-state index in [1.54, 1.807) is 18.2 Å². The maximum Gasteiger partial charge on any atom is 0.490 e. The van der Waals surface area contributed by atoms with E-state index in [-0.39, 0.29) is 52.0 Å². The Bertz CT molecular complexity index is 1330. The lowest BCUT2D eigenvalue weighted by Gasteiger charge is -2.29. The fourth-order valence-corrected chi connectivity index (χ4v) is 4.38. The molecule has 1 atom stereocenters. The Morgan fingerprint density at radius 1 is 1.03 bits per heavy atom. The number of imide groups is 1. The van der Waals surface area contributed by atoms with Crippen molar-refractivity contribution in [1.29, 1.82) is 0 Å². The second-order valence-corrected chi connectivity index (χ2v) is 8.03. The molecule has 1 unspecified atom stereocenters. The van der Waals surface area contributed by atoms with Crippen LogP contribution in [0.3, 0.4) is 0 Å². The smallest absolute Gasteiger partial charge is 0.322 e. The zero-order valence-corrected chi connectivity index (χ0v) is 17.4. The summed E-state index contributed by atoms with van der Waals surface area (Å²) in [5, 5.41) is 2.18. The van der Waals surface area contributed by atoms with Crippen LogP contribution in [-0.2, 0) is 22.4 Å². The molecule has 34 heavy (non-hydrogen) atoms. The van der Waals surface area contributed by atoms with Crippen molar-refractivity contribution in [2.75, 3.05) is 0 Å². The van der Waals surface area contributed by atoms with Gasteiger partial charge in [-0.15, -0.1) is 13.2 Å². The van der Waals surface area contributed by atoms with Crippen LogP contribution in [0.1, 0.15) is 28.8 Å². The van der Waals surface area contributed by atoms with E-state index in [0.29, 0.717) is 11.9 Å². The lowest BCUT2D eigenvalue weighted by atomic mass is 10.00. The normalized spacial score (nSPS) is 18.3. The summed E-state index contributed by atoms with van der Waals surface area (Å²) in [5.41, 5.74) is -0.199. The topological polar surface area (TPSA) is 84.3 Å². The second-order valence-electron chi connectivity index (χ2n) is 8.03. The number of alkyl halides is 3. The Morgan fingerprint density at radius 2 is 1.76 bits per heavy atom. The summed E-state index contributed by atoms with van der Waals surface area (Å²) < 4.78 is 56.2. The van der Waals surface area contributed by atoms with Gasteiger partial charge in [0, 0.05) is 29.7 Å². The number of nitrogens with zero attached hydrogens (tertiary/aromatic N) is 3. The molecule has 1 aromatic heterocycles. The standard InChI is InChI=1S/C23H16F4N4O3/c24-16-9-14-13(10-30(22(14)34)17-6-7-18(32)29-21(17)33)8-15(16)19-20(12-4-2-1-3-5-12)31(11-28-19)23(25,26)27/h1-5,8-9,11,17H,6-7,10H2,(H,29,32,33). The summed E-state index contributed by atoms with van der Waals surface area (Å²) in [6, 6.07) is 9.04. The van der Waals surface area contributed by atoms with Gasteiger partial charge in [0.2, 0.25) is 11.8 Å². The van der Waals surface area contributed by atoms with Gasteiger partial charge < -0.3 is 4.90 Å². The Kier molecular flexibility index (Phi) is 4.99. The van der Waals surface area contributed by atoms with Crippen LogP contribution in [0.2, 0.25) is 0 Å². The van der Waals surface area contributed by atoms with Crippen molar-refractivity contribution in [2.45, 2.75) is 31.7 Å². The van der Waals surface area contributed by atoms with Crippen LogP contribution in [0, 0.1) is 5.82 Å². The third-order valence-corrected chi connectivity index (χ3v) is 5.95. The minimum absolute atomic E-state index is 0.0162. The number of fused-ring (bicyclic) bond motifs is 1. The van der Waals surface area contributed by atoms with Crippen LogP contribution in [0.25, 0.3) is 22.5 Å². The number of carbonyl (C=O) groups excluding carboxylic acids is 3. The molecule has 3 aromatic rings. The monoisotopic (exact) mass is 472 g/mol. The molecule has 5 rings (SSSR count). The number of nitrogens with one attached hydrogen (secondary N) is 1. The molecule has 1 N–H and O–H groups in total. The molecule has 1 saturated heterocycles. The second kappa shape index (κ2) is 7.79. The zero-order valence-electron chi connectivity index (χ0n) is 17.4. The Hall–Kier alpha value is -4.02. The summed E-state index contributed by atoms with van der Waals surface area (Å²) in [6.45, 7) is -0.0472. The first-order valence-electron chi connectivity index (χ1n) is 10.3.